The maximum atomic E-state index is 13.3. The van der Waals surface area contributed by atoms with Crippen LogP contribution in [0, 0.1) is 0 Å². The van der Waals surface area contributed by atoms with Crippen molar-refractivity contribution in [2.45, 2.75) is 6.42 Å². The number of nitrogens with zero attached hydrogens (tertiary/aromatic N) is 2. The molecule has 0 spiro atoms. The maximum Gasteiger partial charge on any atom is 0.262 e. The molecule has 1 aromatic heterocycles. The lowest BCUT2D eigenvalue weighted by Gasteiger charge is -2.28. The quantitative estimate of drug-likeness (QED) is 0.410. The third-order valence-electron chi connectivity index (χ3n) is 5.14. The smallest absolute Gasteiger partial charge is 0.262 e. The van der Waals surface area contributed by atoms with E-state index in [4.69, 9.17) is 0 Å². The first-order chi connectivity index (χ1) is 13.2. The van der Waals surface area contributed by atoms with Gasteiger partial charge in [0.2, 0.25) is 0 Å². The Labute approximate surface area is 156 Å². The van der Waals surface area contributed by atoms with Crippen molar-refractivity contribution in [2.24, 2.45) is 0 Å². The van der Waals surface area contributed by atoms with E-state index in [1.165, 1.54) is 4.90 Å². The topological polar surface area (TPSA) is 50.3 Å². The summed E-state index contributed by atoms with van der Waals surface area (Å²) < 4.78 is 0. The van der Waals surface area contributed by atoms with Crippen molar-refractivity contribution in [3.05, 3.63) is 89.7 Å². The molecule has 0 aliphatic carbocycles. The van der Waals surface area contributed by atoms with Gasteiger partial charge in [-0.2, -0.15) is 0 Å². The number of rotatable bonds is 3. The highest BCUT2D eigenvalue weighted by atomic mass is 16.2. The Balaban J connectivity index is 1.67. The minimum absolute atomic E-state index is 0.226. The highest BCUT2D eigenvalue weighted by Crippen LogP contribution is 2.35. The van der Waals surface area contributed by atoms with Gasteiger partial charge in [-0.1, -0.05) is 42.5 Å². The molecule has 4 aromatic rings. The van der Waals surface area contributed by atoms with Crippen LogP contribution in [0.2, 0.25) is 0 Å². The van der Waals surface area contributed by atoms with Crippen molar-refractivity contribution < 1.29 is 9.59 Å². The minimum atomic E-state index is -0.232. The molecule has 5 rings (SSSR count). The van der Waals surface area contributed by atoms with E-state index in [0.717, 1.165) is 27.2 Å². The van der Waals surface area contributed by atoms with Gasteiger partial charge in [-0.25, -0.2) is 0 Å². The number of amides is 2. The lowest BCUT2D eigenvalue weighted by Crippen LogP contribution is -2.41. The van der Waals surface area contributed by atoms with Gasteiger partial charge in [-0.3, -0.25) is 19.5 Å². The number of carbonyl (C=O) groups excluding carboxylic acids is 2. The number of aromatic nitrogens is 1. The molecular weight excluding hydrogens is 336 g/mol. The van der Waals surface area contributed by atoms with Crippen LogP contribution in [-0.4, -0.2) is 28.2 Å². The summed E-state index contributed by atoms with van der Waals surface area (Å²) in [5.74, 6) is -0.458. The molecule has 27 heavy (non-hydrogen) atoms. The first kappa shape index (κ1) is 15.7. The number of hydrogen-bond donors (Lipinski definition) is 0. The van der Waals surface area contributed by atoms with Crippen LogP contribution in [0.4, 0.5) is 0 Å². The number of pyridine rings is 1. The normalized spacial score (nSPS) is 13.6. The van der Waals surface area contributed by atoms with E-state index in [9.17, 15) is 9.59 Å². The van der Waals surface area contributed by atoms with E-state index in [2.05, 4.69) is 4.98 Å². The van der Waals surface area contributed by atoms with Crippen LogP contribution >= 0.6 is 0 Å². The molecule has 0 radical (unpaired) electrons. The molecule has 4 heteroatoms. The van der Waals surface area contributed by atoms with Gasteiger partial charge >= 0.3 is 0 Å². The van der Waals surface area contributed by atoms with E-state index >= 15 is 0 Å². The molecule has 0 fully saturated rings. The van der Waals surface area contributed by atoms with Gasteiger partial charge in [0.15, 0.2) is 0 Å². The number of carbonyl (C=O) groups is 2. The van der Waals surface area contributed by atoms with Gasteiger partial charge < -0.3 is 0 Å². The summed E-state index contributed by atoms with van der Waals surface area (Å²) in [6.07, 6.45) is 2.26. The summed E-state index contributed by atoms with van der Waals surface area (Å²) in [4.78, 5) is 32.0. The van der Waals surface area contributed by atoms with Crippen molar-refractivity contribution in [1.82, 2.24) is 9.88 Å². The Morgan fingerprint density at radius 2 is 1.63 bits per heavy atom. The Morgan fingerprint density at radius 1 is 0.815 bits per heavy atom. The van der Waals surface area contributed by atoms with E-state index in [0.29, 0.717) is 24.1 Å². The monoisotopic (exact) mass is 352 g/mol. The molecule has 1 aliphatic rings. The standard InChI is InChI=1S/C23H16N2O2/c26-22-19-10-5-7-16-14-15-6-1-2-9-18(15)21(20(16)19)23(27)25(22)13-11-17-8-3-4-12-24-17/h1-10,12,14H,11,13H2. The maximum absolute atomic E-state index is 13.3. The predicted molar refractivity (Wildman–Crippen MR) is 105 cm³/mol. The molecule has 0 N–H and O–H groups in total. The van der Waals surface area contributed by atoms with Crippen molar-refractivity contribution in [2.75, 3.05) is 6.54 Å². The molecule has 1 aliphatic heterocycles. The minimum Gasteiger partial charge on any atom is -0.274 e. The first-order valence-electron chi connectivity index (χ1n) is 8.94. The molecule has 2 heterocycles. The predicted octanol–water partition coefficient (Wildman–Crippen LogP) is 4.23. The van der Waals surface area contributed by atoms with Gasteiger partial charge in [0.05, 0.1) is 5.56 Å². The molecule has 0 saturated carbocycles. The third-order valence-corrected chi connectivity index (χ3v) is 5.14. The number of benzene rings is 3. The summed E-state index contributed by atoms with van der Waals surface area (Å²) >= 11 is 0. The van der Waals surface area contributed by atoms with E-state index in [1.807, 2.05) is 66.7 Å². The summed E-state index contributed by atoms with van der Waals surface area (Å²) in [7, 11) is 0. The number of imide groups is 1. The second-order valence-electron chi connectivity index (χ2n) is 6.71. The molecule has 2 amide bonds. The van der Waals surface area contributed by atoms with Crippen LogP contribution in [0.5, 0.6) is 0 Å². The summed E-state index contributed by atoms with van der Waals surface area (Å²) in [6, 6.07) is 21.2. The zero-order valence-electron chi connectivity index (χ0n) is 14.6. The fourth-order valence-electron chi connectivity index (χ4n) is 3.87. The van der Waals surface area contributed by atoms with E-state index < -0.39 is 0 Å². The molecule has 0 bridgehead atoms. The van der Waals surface area contributed by atoms with Crippen molar-refractivity contribution >= 4 is 33.4 Å². The van der Waals surface area contributed by atoms with Crippen molar-refractivity contribution in [3.63, 3.8) is 0 Å². The Morgan fingerprint density at radius 3 is 2.48 bits per heavy atom. The van der Waals surface area contributed by atoms with Crippen LogP contribution in [0.15, 0.2) is 72.9 Å². The Bertz CT molecular complexity index is 1220. The van der Waals surface area contributed by atoms with Gasteiger partial charge in [0, 0.05) is 35.8 Å². The zero-order chi connectivity index (χ0) is 18.4. The Hall–Kier alpha value is -3.53. The molecule has 0 atom stereocenters. The van der Waals surface area contributed by atoms with Gasteiger partial charge in [0.25, 0.3) is 11.8 Å². The molecular formula is C23H16N2O2. The average molecular weight is 352 g/mol. The summed E-state index contributed by atoms with van der Waals surface area (Å²) in [6.45, 7) is 0.313. The van der Waals surface area contributed by atoms with Gasteiger partial charge in [-0.15, -0.1) is 0 Å². The summed E-state index contributed by atoms with van der Waals surface area (Å²) in [5.41, 5.74) is 2.08. The van der Waals surface area contributed by atoms with Crippen LogP contribution in [0.3, 0.4) is 0 Å². The fourth-order valence-corrected chi connectivity index (χ4v) is 3.87. The second kappa shape index (κ2) is 6.02. The van der Waals surface area contributed by atoms with Crippen LogP contribution in [-0.2, 0) is 6.42 Å². The molecule has 4 nitrogen and oxygen atoms in total. The van der Waals surface area contributed by atoms with Crippen molar-refractivity contribution in [3.8, 4) is 0 Å². The molecule has 130 valence electrons. The molecule has 0 unspecified atom stereocenters. The zero-order valence-corrected chi connectivity index (χ0v) is 14.6. The average Bonchev–Trinajstić information content (AvgIpc) is 2.71. The van der Waals surface area contributed by atoms with Crippen LogP contribution in [0.1, 0.15) is 26.4 Å². The SMILES string of the molecule is O=C1c2cccc3cc4ccccc4c(c23)C(=O)N1CCc1ccccn1. The second-order valence-corrected chi connectivity index (χ2v) is 6.71. The highest BCUT2D eigenvalue weighted by Gasteiger charge is 2.33. The van der Waals surface area contributed by atoms with Crippen LogP contribution < -0.4 is 0 Å². The molecule has 0 saturated heterocycles. The van der Waals surface area contributed by atoms with Crippen LogP contribution in [0.25, 0.3) is 21.5 Å². The van der Waals surface area contributed by atoms with E-state index in [1.54, 1.807) is 6.20 Å². The van der Waals surface area contributed by atoms with Gasteiger partial charge in [-0.05, 0) is 40.4 Å². The lowest BCUT2D eigenvalue weighted by atomic mass is 9.89. The fraction of sp³-hybridized carbons (Fsp3) is 0.0870. The first-order valence-corrected chi connectivity index (χ1v) is 8.94. The largest absolute Gasteiger partial charge is 0.274 e. The van der Waals surface area contributed by atoms with Gasteiger partial charge in [0.1, 0.15) is 0 Å². The Kier molecular flexibility index (Phi) is 3.50. The molecule has 3 aromatic carbocycles. The highest BCUT2D eigenvalue weighted by molar-refractivity contribution is 6.30. The number of fused-ring (bicyclic) bond motifs is 2. The van der Waals surface area contributed by atoms with Crippen molar-refractivity contribution in [1.29, 1.82) is 0 Å². The lowest BCUT2D eigenvalue weighted by molar-refractivity contribution is 0.0613. The number of hydrogen-bond acceptors (Lipinski definition) is 3. The third kappa shape index (κ3) is 2.41. The summed E-state index contributed by atoms with van der Waals surface area (Å²) in [5, 5.41) is 3.58. The van der Waals surface area contributed by atoms with E-state index in [-0.39, 0.29) is 11.8 Å².